The first-order valence-corrected chi connectivity index (χ1v) is 11.0. The lowest BCUT2D eigenvalue weighted by atomic mass is 9.86. The highest BCUT2D eigenvalue weighted by atomic mass is 19.4. The van der Waals surface area contributed by atoms with Crippen LogP contribution >= 0.6 is 0 Å². The molecule has 9 heteroatoms. The molecule has 0 amide bonds. The molecule has 4 unspecified atom stereocenters. The topological polar surface area (TPSA) is 87.5 Å². The van der Waals surface area contributed by atoms with Crippen molar-refractivity contribution in [2.45, 2.75) is 81.9 Å². The third-order valence-corrected chi connectivity index (χ3v) is 7.02. The maximum atomic E-state index is 12.8. The van der Waals surface area contributed by atoms with Gasteiger partial charge < -0.3 is 20.3 Å². The molecule has 2 heterocycles. The molecular weight excluding hydrogens is 399 g/mol. The Morgan fingerprint density at radius 2 is 1.83 bits per heavy atom. The fourth-order valence-electron chi connectivity index (χ4n) is 5.48. The SMILES string of the molecule is OC1[C@@H](O)C(C2CCC(CC3CCCC3)C2)OC[C@@H]1Nc1nccc(C(F)(F)F)n1. The fraction of sp³-hybridized carbons (Fsp3) is 0.810. The minimum absolute atomic E-state index is 0.0757. The number of aromatic nitrogens is 2. The molecule has 1 aromatic rings. The molecule has 2 aliphatic carbocycles. The highest BCUT2D eigenvalue weighted by Crippen LogP contribution is 2.42. The Morgan fingerprint density at radius 1 is 1.07 bits per heavy atom. The van der Waals surface area contributed by atoms with E-state index in [1.54, 1.807) is 0 Å². The standard InChI is InChI=1S/C21H30F3N3O3/c22-21(23,24)16-7-8-25-20(27-16)26-15-11-30-19(18(29)17(15)28)14-6-5-13(10-14)9-12-3-1-2-4-12/h7-8,12-15,17-19,28-29H,1-6,9-11H2,(H,25,26,27)/t13?,14?,15-,17?,18+,19?/m0/s1. The maximum absolute atomic E-state index is 12.8. The Hall–Kier alpha value is -1.45. The lowest BCUT2D eigenvalue weighted by Gasteiger charge is -2.40. The summed E-state index contributed by atoms with van der Waals surface area (Å²) in [5.41, 5.74) is -1.07. The summed E-state index contributed by atoms with van der Waals surface area (Å²) in [7, 11) is 0. The molecule has 2 saturated carbocycles. The first-order valence-electron chi connectivity index (χ1n) is 11.0. The normalized spacial score (nSPS) is 35.6. The number of anilines is 1. The van der Waals surface area contributed by atoms with E-state index >= 15 is 0 Å². The van der Waals surface area contributed by atoms with Gasteiger partial charge in [-0.15, -0.1) is 0 Å². The van der Waals surface area contributed by atoms with Gasteiger partial charge in [-0.05, 0) is 43.1 Å². The van der Waals surface area contributed by atoms with Crippen molar-refractivity contribution in [3.05, 3.63) is 18.0 Å². The molecule has 0 aromatic carbocycles. The molecule has 3 fully saturated rings. The van der Waals surface area contributed by atoms with Gasteiger partial charge in [-0.3, -0.25) is 0 Å². The molecule has 4 rings (SSSR count). The van der Waals surface area contributed by atoms with E-state index in [0.717, 1.165) is 37.4 Å². The van der Waals surface area contributed by atoms with Crippen LogP contribution < -0.4 is 5.32 Å². The molecule has 168 valence electrons. The average Bonchev–Trinajstić information content (AvgIpc) is 3.38. The van der Waals surface area contributed by atoms with Gasteiger partial charge in [0.2, 0.25) is 5.95 Å². The predicted octanol–water partition coefficient (Wildman–Crippen LogP) is 3.39. The molecule has 1 aromatic heterocycles. The van der Waals surface area contributed by atoms with E-state index in [-0.39, 0.29) is 18.5 Å². The number of nitrogens with one attached hydrogen (secondary N) is 1. The summed E-state index contributed by atoms with van der Waals surface area (Å²) in [6.45, 7) is 0.0757. The van der Waals surface area contributed by atoms with Crippen LogP contribution in [0.3, 0.4) is 0 Å². The molecule has 0 bridgehead atoms. The van der Waals surface area contributed by atoms with Crippen molar-refractivity contribution in [1.82, 2.24) is 9.97 Å². The van der Waals surface area contributed by atoms with Crippen molar-refractivity contribution in [2.24, 2.45) is 17.8 Å². The Kier molecular flexibility index (Phi) is 6.50. The molecule has 6 atom stereocenters. The smallest absolute Gasteiger partial charge is 0.388 e. The molecule has 6 nitrogen and oxygen atoms in total. The zero-order valence-corrected chi connectivity index (χ0v) is 16.9. The van der Waals surface area contributed by atoms with Crippen molar-refractivity contribution < 1.29 is 28.1 Å². The molecule has 1 aliphatic heterocycles. The van der Waals surface area contributed by atoms with Crippen LogP contribution in [0.15, 0.2) is 12.3 Å². The lowest BCUT2D eigenvalue weighted by Crippen LogP contribution is -2.57. The van der Waals surface area contributed by atoms with Gasteiger partial charge in [0.25, 0.3) is 0 Å². The van der Waals surface area contributed by atoms with Gasteiger partial charge in [-0.1, -0.05) is 32.1 Å². The largest absolute Gasteiger partial charge is 0.433 e. The molecular formula is C21H30F3N3O3. The van der Waals surface area contributed by atoms with Crippen LogP contribution in [0.5, 0.6) is 0 Å². The lowest BCUT2D eigenvalue weighted by molar-refractivity contribution is -0.158. The fourth-order valence-corrected chi connectivity index (χ4v) is 5.48. The minimum atomic E-state index is -4.58. The Labute approximate surface area is 174 Å². The van der Waals surface area contributed by atoms with Crippen molar-refractivity contribution >= 4 is 5.95 Å². The van der Waals surface area contributed by atoms with Gasteiger partial charge in [-0.2, -0.15) is 13.2 Å². The second-order valence-electron chi connectivity index (χ2n) is 9.12. The number of aliphatic hydroxyl groups excluding tert-OH is 2. The monoisotopic (exact) mass is 429 g/mol. The van der Waals surface area contributed by atoms with E-state index in [0.29, 0.717) is 5.92 Å². The number of ether oxygens (including phenoxy) is 1. The van der Waals surface area contributed by atoms with Gasteiger partial charge >= 0.3 is 6.18 Å². The van der Waals surface area contributed by atoms with Gasteiger partial charge in [-0.25, -0.2) is 9.97 Å². The Balaban J connectivity index is 1.32. The molecule has 1 saturated heterocycles. The van der Waals surface area contributed by atoms with Gasteiger partial charge in [0, 0.05) is 6.20 Å². The highest BCUT2D eigenvalue weighted by Gasteiger charge is 2.44. The number of halogens is 3. The number of hydrogen-bond acceptors (Lipinski definition) is 6. The van der Waals surface area contributed by atoms with E-state index in [1.165, 1.54) is 32.1 Å². The Bertz CT molecular complexity index is 714. The van der Waals surface area contributed by atoms with Gasteiger partial charge in [0.1, 0.15) is 17.9 Å². The summed E-state index contributed by atoms with van der Waals surface area (Å²) in [5, 5.41) is 23.9. The van der Waals surface area contributed by atoms with E-state index in [4.69, 9.17) is 4.74 Å². The summed E-state index contributed by atoms with van der Waals surface area (Å²) in [4.78, 5) is 7.25. The van der Waals surface area contributed by atoms with Crippen molar-refractivity contribution in [2.75, 3.05) is 11.9 Å². The van der Waals surface area contributed by atoms with Crippen LogP contribution in [-0.2, 0) is 10.9 Å². The van der Waals surface area contributed by atoms with Crippen molar-refractivity contribution in [1.29, 1.82) is 0 Å². The highest BCUT2D eigenvalue weighted by molar-refractivity contribution is 5.29. The van der Waals surface area contributed by atoms with Crippen LogP contribution in [0.1, 0.15) is 57.1 Å². The summed E-state index contributed by atoms with van der Waals surface area (Å²) in [5.74, 6) is 1.44. The van der Waals surface area contributed by atoms with Crippen LogP contribution in [0.25, 0.3) is 0 Å². The molecule has 3 N–H and O–H groups in total. The second-order valence-corrected chi connectivity index (χ2v) is 9.12. The predicted molar refractivity (Wildman–Crippen MR) is 104 cm³/mol. The van der Waals surface area contributed by atoms with E-state index < -0.39 is 36.2 Å². The van der Waals surface area contributed by atoms with E-state index in [2.05, 4.69) is 15.3 Å². The zero-order valence-electron chi connectivity index (χ0n) is 16.9. The number of alkyl halides is 3. The molecule has 0 radical (unpaired) electrons. The maximum Gasteiger partial charge on any atom is 0.433 e. The number of aliphatic hydroxyl groups is 2. The summed E-state index contributed by atoms with van der Waals surface area (Å²) in [6, 6.07) is 0.00166. The zero-order chi connectivity index (χ0) is 21.3. The van der Waals surface area contributed by atoms with Crippen LogP contribution in [0, 0.1) is 17.8 Å². The summed E-state index contributed by atoms with van der Waals surface area (Å²) in [6.07, 6.45) is 3.38. The summed E-state index contributed by atoms with van der Waals surface area (Å²) < 4.78 is 44.4. The first kappa shape index (κ1) is 21.8. The van der Waals surface area contributed by atoms with Gasteiger partial charge in [0.15, 0.2) is 0 Å². The van der Waals surface area contributed by atoms with E-state index in [1.807, 2.05) is 0 Å². The Morgan fingerprint density at radius 3 is 2.57 bits per heavy atom. The molecule has 0 spiro atoms. The summed E-state index contributed by atoms with van der Waals surface area (Å²) >= 11 is 0. The number of hydrogen-bond donors (Lipinski definition) is 3. The van der Waals surface area contributed by atoms with Crippen LogP contribution in [-0.4, -0.2) is 51.1 Å². The van der Waals surface area contributed by atoms with Gasteiger partial charge in [0.05, 0.1) is 18.8 Å². The number of rotatable bonds is 5. The number of nitrogens with zero attached hydrogens (tertiary/aromatic N) is 2. The van der Waals surface area contributed by atoms with Crippen molar-refractivity contribution in [3.63, 3.8) is 0 Å². The quantitative estimate of drug-likeness (QED) is 0.665. The molecule has 30 heavy (non-hydrogen) atoms. The molecule has 3 aliphatic rings. The van der Waals surface area contributed by atoms with E-state index in [9.17, 15) is 23.4 Å². The third-order valence-electron chi connectivity index (χ3n) is 7.02. The average molecular weight is 429 g/mol. The third kappa shape index (κ3) is 4.89. The van der Waals surface area contributed by atoms with Crippen LogP contribution in [0.2, 0.25) is 0 Å². The van der Waals surface area contributed by atoms with Crippen molar-refractivity contribution in [3.8, 4) is 0 Å². The van der Waals surface area contributed by atoms with Crippen LogP contribution in [0.4, 0.5) is 19.1 Å². The first-order chi connectivity index (χ1) is 14.3. The second kappa shape index (κ2) is 8.96. The minimum Gasteiger partial charge on any atom is -0.388 e.